The molecule has 2 aliphatic carbocycles. The van der Waals surface area contributed by atoms with E-state index < -0.39 is 5.60 Å². The molecule has 7 rings (SSSR count). The van der Waals surface area contributed by atoms with Gasteiger partial charge in [-0.15, -0.1) is 0 Å². The van der Waals surface area contributed by atoms with Crippen LogP contribution in [-0.2, 0) is 37.6 Å². The van der Waals surface area contributed by atoms with Gasteiger partial charge in [0, 0.05) is 43.1 Å². The van der Waals surface area contributed by atoms with Crippen LogP contribution >= 0.6 is 0 Å². The van der Waals surface area contributed by atoms with Crippen LogP contribution in [0.4, 0.5) is 5.82 Å². The summed E-state index contributed by atoms with van der Waals surface area (Å²) < 4.78 is 0. The number of nitrogens with zero attached hydrogens (tertiary/aromatic N) is 1. The number of rotatable bonds is 1. The van der Waals surface area contributed by atoms with Crippen molar-refractivity contribution in [2.24, 2.45) is 0 Å². The normalized spacial score (nSPS) is 30.2. The molecule has 1 saturated heterocycles. The molecule has 0 saturated carbocycles. The van der Waals surface area contributed by atoms with E-state index in [9.17, 15) is 5.11 Å². The molecular weight excluding hydrogens is 394 g/mol. The number of anilines is 1. The van der Waals surface area contributed by atoms with E-state index in [2.05, 4.69) is 70.7 Å². The molecule has 2 bridgehead atoms. The Hall–Kier alpha value is -2.56. The zero-order chi connectivity index (χ0) is 21.5. The molecular formula is C28H31N3O. The quantitative estimate of drug-likeness (QED) is 0.559. The molecule has 2 aliphatic heterocycles. The van der Waals surface area contributed by atoms with Crippen LogP contribution < -0.4 is 10.2 Å². The minimum atomic E-state index is -0.731. The van der Waals surface area contributed by atoms with Gasteiger partial charge in [0.05, 0.1) is 5.60 Å². The number of nitrogens with one attached hydrogen (secondary N) is 2. The van der Waals surface area contributed by atoms with Crippen LogP contribution in [0.2, 0.25) is 0 Å². The van der Waals surface area contributed by atoms with Crippen LogP contribution in [0.3, 0.4) is 0 Å². The number of aromatic nitrogens is 1. The number of H-pyrrole nitrogens is 1. The van der Waals surface area contributed by atoms with E-state index >= 15 is 0 Å². The molecule has 4 heteroatoms. The summed E-state index contributed by atoms with van der Waals surface area (Å²) >= 11 is 0. The van der Waals surface area contributed by atoms with Gasteiger partial charge in [-0.3, -0.25) is 0 Å². The van der Waals surface area contributed by atoms with Crippen molar-refractivity contribution in [3.63, 3.8) is 0 Å². The molecule has 32 heavy (non-hydrogen) atoms. The standard InChI is InChI=1S/C28H31N3O/c1-18-22-15-28(32)25-14-20-7-4-5-9-23(20)27(28,11-12-29-25)16-24(22)30-26(18)31-13-10-19-6-2-3-8-21(19)17-31/h2-9,25,29-30,32H,10-17H2,1H3. The first-order valence-corrected chi connectivity index (χ1v) is 12.2. The minimum Gasteiger partial charge on any atom is -0.387 e. The number of fused-ring (bicyclic) bond motifs is 3. The lowest BCUT2D eigenvalue weighted by molar-refractivity contribution is -0.106. The monoisotopic (exact) mass is 425 g/mol. The molecule has 1 aromatic heterocycles. The number of hydrogen-bond acceptors (Lipinski definition) is 3. The van der Waals surface area contributed by atoms with Crippen LogP contribution in [0.5, 0.6) is 0 Å². The highest BCUT2D eigenvalue weighted by atomic mass is 16.3. The van der Waals surface area contributed by atoms with Gasteiger partial charge in [0.25, 0.3) is 0 Å². The summed E-state index contributed by atoms with van der Waals surface area (Å²) in [5, 5.41) is 16.0. The molecule has 0 spiro atoms. The largest absolute Gasteiger partial charge is 0.387 e. The molecule has 3 heterocycles. The Morgan fingerprint density at radius 2 is 1.78 bits per heavy atom. The molecule has 4 aliphatic rings. The molecule has 1 fully saturated rings. The summed E-state index contributed by atoms with van der Waals surface area (Å²) in [5.74, 6) is 1.26. The number of benzene rings is 2. The van der Waals surface area contributed by atoms with Crippen molar-refractivity contribution < 1.29 is 5.11 Å². The fraction of sp³-hybridized carbons (Fsp3) is 0.429. The Morgan fingerprint density at radius 1 is 1.00 bits per heavy atom. The smallest absolute Gasteiger partial charge is 0.109 e. The zero-order valence-electron chi connectivity index (χ0n) is 18.7. The lowest BCUT2D eigenvalue weighted by Gasteiger charge is -2.60. The number of aromatic amines is 1. The summed E-state index contributed by atoms with van der Waals surface area (Å²) in [6.45, 7) is 5.23. The van der Waals surface area contributed by atoms with E-state index in [1.807, 2.05) is 0 Å². The van der Waals surface area contributed by atoms with E-state index in [1.165, 1.54) is 44.9 Å². The second-order valence-corrected chi connectivity index (χ2v) is 10.5. The van der Waals surface area contributed by atoms with Gasteiger partial charge in [0.1, 0.15) is 5.82 Å². The van der Waals surface area contributed by atoms with Crippen molar-refractivity contribution >= 4 is 5.82 Å². The highest BCUT2D eigenvalue weighted by molar-refractivity contribution is 5.60. The molecule has 2 aromatic carbocycles. The summed E-state index contributed by atoms with van der Waals surface area (Å²) in [4.78, 5) is 6.39. The van der Waals surface area contributed by atoms with Crippen molar-refractivity contribution in [3.05, 3.63) is 87.6 Å². The molecule has 164 valence electrons. The third kappa shape index (κ3) is 2.35. The summed E-state index contributed by atoms with van der Waals surface area (Å²) in [6, 6.07) is 17.8. The minimum absolute atomic E-state index is 0.124. The number of hydrogen-bond donors (Lipinski definition) is 3. The molecule has 4 nitrogen and oxygen atoms in total. The van der Waals surface area contributed by atoms with Gasteiger partial charge in [-0.2, -0.15) is 0 Å². The predicted octanol–water partition coefficient (Wildman–Crippen LogP) is 3.57. The molecule has 3 N–H and O–H groups in total. The van der Waals surface area contributed by atoms with Crippen molar-refractivity contribution in [2.45, 2.75) is 62.6 Å². The Balaban J connectivity index is 1.33. The highest BCUT2D eigenvalue weighted by Gasteiger charge is 2.62. The van der Waals surface area contributed by atoms with E-state index in [0.717, 1.165) is 51.7 Å². The van der Waals surface area contributed by atoms with Crippen LogP contribution in [0.25, 0.3) is 0 Å². The van der Waals surface area contributed by atoms with Crippen LogP contribution in [0, 0.1) is 6.92 Å². The van der Waals surface area contributed by atoms with E-state index in [4.69, 9.17) is 0 Å². The lowest BCUT2D eigenvalue weighted by Crippen LogP contribution is -2.73. The average Bonchev–Trinajstić information content (AvgIpc) is 3.11. The average molecular weight is 426 g/mol. The SMILES string of the molecule is Cc1c(N2CCc3ccccc3C2)[nH]c2c1CC1(O)C3Cc4ccccc4C1(CCN3)C2. The Morgan fingerprint density at radius 3 is 2.66 bits per heavy atom. The van der Waals surface area contributed by atoms with Gasteiger partial charge in [-0.25, -0.2) is 0 Å². The Bertz CT molecular complexity index is 1230. The Kier molecular flexibility index (Phi) is 3.85. The first-order valence-electron chi connectivity index (χ1n) is 12.2. The van der Waals surface area contributed by atoms with Crippen LogP contribution in [0.15, 0.2) is 48.5 Å². The van der Waals surface area contributed by atoms with Gasteiger partial charge >= 0.3 is 0 Å². The summed E-state index contributed by atoms with van der Waals surface area (Å²) in [7, 11) is 0. The fourth-order valence-electron chi connectivity index (χ4n) is 7.45. The van der Waals surface area contributed by atoms with E-state index in [-0.39, 0.29) is 11.5 Å². The van der Waals surface area contributed by atoms with Gasteiger partial charge < -0.3 is 20.3 Å². The third-order valence-electron chi connectivity index (χ3n) is 9.12. The van der Waals surface area contributed by atoms with Crippen LogP contribution in [-0.4, -0.2) is 34.8 Å². The van der Waals surface area contributed by atoms with Crippen LogP contribution in [0.1, 0.15) is 45.5 Å². The molecule has 0 radical (unpaired) electrons. The first kappa shape index (κ1) is 19.0. The summed E-state index contributed by atoms with van der Waals surface area (Å²) in [5.41, 5.74) is 8.81. The van der Waals surface area contributed by atoms with Crippen molar-refractivity contribution in [3.8, 4) is 0 Å². The maximum Gasteiger partial charge on any atom is 0.109 e. The van der Waals surface area contributed by atoms with Gasteiger partial charge in [0.15, 0.2) is 0 Å². The highest BCUT2D eigenvalue weighted by Crippen LogP contribution is 2.55. The molecule has 3 aromatic rings. The third-order valence-corrected chi connectivity index (χ3v) is 9.12. The zero-order valence-corrected chi connectivity index (χ0v) is 18.7. The summed E-state index contributed by atoms with van der Waals surface area (Å²) in [6.07, 6.45) is 4.64. The van der Waals surface area contributed by atoms with E-state index in [0.29, 0.717) is 0 Å². The van der Waals surface area contributed by atoms with Gasteiger partial charge in [-0.1, -0.05) is 48.5 Å². The second kappa shape index (κ2) is 6.49. The maximum absolute atomic E-state index is 12.3. The van der Waals surface area contributed by atoms with Crippen molar-refractivity contribution in [2.75, 3.05) is 18.0 Å². The number of piperidine rings is 1. The Labute approximate surface area is 189 Å². The topological polar surface area (TPSA) is 51.3 Å². The lowest BCUT2D eigenvalue weighted by atomic mass is 9.50. The predicted molar refractivity (Wildman–Crippen MR) is 127 cm³/mol. The fourth-order valence-corrected chi connectivity index (χ4v) is 7.45. The van der Waals surface area contributed by atoms with Gasteiger partial charge in [-0.05, 0) is 66.1 Å². The maximum atomic E-state index is 12.3. The molecule has 3 atom stereocenters. The first-order chi connectivity index (χ1) is 15.6. The van der Waals surface area contributed by atoms with E-state index in [1.54, 1.807) is 0 Å². The molecule has 0 amide bonds. The van der Waals surface area contributed by atoms with Gasteiger partial charge in [0.2, 0.25) is 0 Å². The van der Waals surface area contributed by atoms with Crippen molar-refractivity contribution in [1.82, 2.24) is 10.3 Å². The number of aliphatic hydroxyl groups is 1. The van der Waals surface area contributed by atoms with Crippen molar-refractivity contribution in [1.29, 1.82) is 0 Å². The second-order valence-electron chi connectivity index (χ2n) is 10.5. The molecule has 3 unspecified atom stereocenters.